The summed E-state index contributed by atoms with van der Waals surface area (Å²) in [5, 5.41) is 4.06. The van der Waals surface area contributed by atoms with E-state index in [0.29, 0.717) is 12.2 Å². The Morgan fingerprint density at radius 1 is 1.29 bits per heavy atom. The van der Waals surface area contributed by atoms with Crippen molar-refractivity contribution < 1.29 is 9.53 Å². The van der Waals surface area contributed by atoms with Crippen LogP contribution in [-0.2, 0) is 9.53 Å². The van der Waals surface area contributed by atoms with Gasteiger partial charge in [0.25, 0.3) is 0 Å². The molecule has 1 N–H and O–H groups in total. The second-order valence-corrected chi connectivity index (χ2v) is 6.89. The van der Waals surface area contributed by atoms with Crippen LogP contribution in [0.2, 0.25) is 0 Å². The molecule has 0 amide bonds. The van der Waals surface area contributed by atoms with Crippen LogP contribution in [0.1, 0.15) is 32.4 Å². The molecule has 1 aromatic rings. The first-order chi connectivity index (χ1) is 11.5. The molecule has 2 rings (SSSR count). The Morgan fingerprint density at radius 2 is 1.96 bits per heavy atom. The van der Waals surface area contributed by atoms with Crippen molar-refractivity contribution in [3.8, 4) is 0 Å². The van der Waals surface area contributed by atoms with Crippen LogP contribution in [0.15, 0.2) is 40.5 Å². The molecule has 1 atom stereocenters. The lowest BCUT2D eigenvalue weighted by atomic mass is 9.96. The lowest BCUT2D eigenvalue weighted by Crippen LogP contribution is -2.30. The fourth-order valence-corrected chi connectivity index (χ4v) is 3.21. The summed E-state index contributed by atoms with van der Waals surface area (Å²) >= 11 is 1.63. The molecule has 1 heterocycles. The molecule has 0 unspecified atom stereocenters. The molecule has 0 saturated heterocycles. The normalized spacial score (nSPS) is 17.2. The van der Waals surface area contributed by atoms with Gasteiger partial charge < -0.3 is 15.0 Å². The first-order valence-electron chi connectivity index (χ1n) is 8.10. The van der Waals surface area contributed by atoms with Gasteiger partial charge in [-0.15, -0.1) is 0 Å². The number of ether oxygens (including phenoxy) is 1. The monoisotopic (exact) mass is 347 g/mol. The Balaban J connectivity index is 2.41. The number of hydrogen-bond donors (Lipinski definition) is 1. The van der Waals surface area contributed by atoms with Crippen molar-refractivity contribution in [3.63, 3.8) is 0 Å². The average molecular weight is 347 g/mol. The van der Waals surface area contributed by atoms with Gasteiger partial charge >= 0.3 is 5.97 Å². The van der Waals surface area contributed by atoms with Gasteiger partial charge in [0.1, 0.15) is 6.04 Å². The number of carbonyl (C=O) groups excluding carboxylic acids is 1. The number of nitrogens with zero attached hydrogens (tertiary/aromatic N) is 2. The van der Waals surface area contributed by atoms with E-state index in [0.717, 1.165) is 27.9 Å². The summed E-state index contributed by atoms with van der Waals surface area (Å²) < 4.78 is 5.24. The maximum atomic E-state index is 12.4. The number of nitrogens with one attached hydrogen (secondary N) is 1. The van der Waals surface area contributed by atoms with Crippen LogP contribution < -0.4 is 10.2 Å². The number of benzene rings is 1. The maximum Gasteiger partial charge on any atom is 0.338 e. The van der Waals surface area contributed by atoms with Crippen molar-refractivity contribution in [2.45, 2.75) is 26.8 Å². The first kappa shape index (κ1) is 18.4. The van der Waals surface area contributed by atoms with E-state index in [-0.39, 0.29) is 12.0 Å². The van der Waals surface area contributed by atoms with Gasteiger partial charge in [-0.2, -0.15) is 0 Å². The highest BCUT2D eigenvalue weighted by Gasteiger charge is 2.30. The minimum atomic E-state index is -0.337. The molecule has 0 fully saturated rings. The topological polar surface area (TPSA) is 53.9 Å². The number of esters is 1. The summed E-state index contributed by atoms with van der Waals surface area (Å²) in [5.74, 6) is 0.605. The van der Waals surface area contributed by atoms with E-state index in [9.17, 15) is 4.79 Å². The molecule has 6 heteroatoms. The first-order valence-corrected chi connectivity index (χ1v) is 9.09. The van der Waals surface area contributed by atoms with Crippen LogP contribution >= 0.6 is 11.8 Å². The highest BCUT2D eigenvalue weighted by molar-refractivity contribution is 8.13. The Bertz CT molecular complexity index is 651. The minimum Gasteiger partial charge on any atom is -0.463 e. The van der Waals surface area contributed by atoms with Crippen LogP contribution in [0, 0.1) is 0 Å². The van der Waals surface area contributed by atoms with Gasteiger partial charge in [-0.3, -0.25) is 0 Å². The summed E-state index contributed by atoms with van der Waals surface area (Å²) in [4.78, 5) is 19.2. The second-order valence-electron chi connectivity index (χ2n) is 5.64. The molecular weight excluding hydrogens is 322 g/mol. The lowest BCUT2D eigenvalue weighted by Gasteiger charge is -2.26. The molecule has 130 valence electrons. The number of aliphatic imine (C=N–C) groups is 1. The summed E-state index contributed by atoms with van der Waals surface area (Å²) in [5.41, 5.74) is 3.48. The Labute approximate surface area is 148 Å². The third-order valence-corrected chi connectivity index (χ3v) is 4.49. The van der Waals surface area contributed by atoms with Crippen molar-refractivity contribution in [2.75, 3.05) is 31.4 Å². The SMILES string of the molecule is CCOC(=O)C1=C(C)NC(SCC)=N[C@@H]1c1ccc(N(C)C)cc1. The average Bonchev–Trinajstić information content (AvgIpc) is 2.54. The van der Waals surface area contributed by atoms with Crippen molar-refractivity contribution in [3.05, 3.63) is 41.1 Å². The Morgan fingerprint density at radius 3 is 2.50 bits per heavy atom. The van der Waals surface area contributed by atoms with Crippen LogP contribution in [0.5, 0.6) is 0 Å². The van der Waals surface area contributed by atoms with Gasteiger partial charge in [0.15, 0.2) is 5.17 Å². The minimum absolute atomic E-state index is 0.312. The second kappa shape index (κ2) is 8.24. The molecule has 0 radical (unpaired) electrons. The summed E-state index contributed by atoms with van der Waals surface area (Å²) in [6, 6.07) is 7.79. The molecule has 1 aliphatic rings. The fraction of sp³-hybridized carbons (Fsp3) is 0.444. The number of rotatable bonds is 5. The van der Waals surface area contributed by atoms with Gasteiger partial charge in [-0.25, -0.2) is 9.79 Å². The highest BCUT2D eigenvalue weighted by atomic mass is 32.2. The van der Waals surface area contributed by atoms with Gasteiger partial charge in [0.05, 0.1) is 12.2 Å². The van der Waals surface area contributed by atoms with Crippen molar-refractivity contribution in [1.82, 2.24) is 5.32 Å². The molecular formula is C18H25N3O2S. The van der Waals surface area contributed by atoms with Crippen LogP contribution in [-0.4, -0.2) is 37.6 Å². The number of allylic oxidation sites excluding steroid dienone is 1. The number of thioether (sulfide) groups is 1. The zero-order valence-corrected chi connectivity index (χ0v) is 15.7. The van der Waals surface area contributed by atoms with E-state index in [4.69, 9.17) is 9.73 Å². The number of hydrogen-bond acceptors (Lipinski definition) is 6. The largest absolute Gasteiger partial charge is 0.463 e. The van der Waals surface area contributed by atoms with Crippen molar-refractivity contribution in [1.29, 1.82) is 0 Å². The van der Waals surface area contributed by atoms with Crippen LogP contribution in [0.25, 0.3) is 0 Å². The van der Waals surface area contributed by atoms with E-state index in [1.165, 1.54) is 0 Å². The molecule has 0 spiro atoms. The lowest BCUT2D eigenvalue weighted by molar-refractivity contribution is -0.138. The zero-order chi connectivity index (χ0) is 17.7. The maximum absolute atomic E-state index is 12.4. The molecule has 24 heavy (non-hydrogen) atoms. The van der Waals surface area contributed by atoms with Gasteiger partial charge in [0, 0.05) is 25.5 Å². The van der Waals surface area contributed by atoms with Crippen LogP contribution in [0.4, 0.5) is 5.69 Å². The van der Waals surface area contributed by atoms with Crippen LogP contribution in [0.3, 0.4) is 0 Å². The predicted octanol–water partition coefficient (Wildman–Crippen LogP) is 3.34. The quantitative estimate of drug-likeness (QED) is 0.828. The van der Waals surface area contributed by atoms with Gasteiger partial charge in [0.2, 0.25) is 0 Å². The molecule has 1 aromatic carbocycles. The molecule has 0 saturated carbocycles. The third-order valence-electron chi connectivity index (χ3n) is 3.72. The number of anilines is 1. The molecule has 0 aromatic heterocycles. The zero-order valence-electron chi connectivity index (χ0n) is 14.9. The van der Waals surface area contributed by atoms with E-state index in [1.807, 2.05) is 57.1 Å². The number of carbonyl (C=O) groups is 1. The Hall–Kier alpha value is -1.95. The standard InChI is InChI=1S/C18H25N3O2S/c1-6-23-17(22)15-12(3)19-18(24-7-2)20-16(15)13-8-10-14(11-9-13)21(4)5/h8-11,16H,6-7H2,1-5H3,(H,19,20)/t16-/m1/s1. The molecule has 1 aliphatic heterocycles. The van der Waals surface area contributed by atoms with Crippen molar-refractivity contribution >= 4 is 28.6 Å². The summed E-state index contributed by atoms with van der Waals surface area (Å²) in [6.07, 6.45) is 0. The smallest absolute Gasteiger partial charge is 0.338 e. The summed E-state index contributed by atoms with van der Waals surface area (Å²) in [7, 11) is 4.00. The fourth-order valence-electron chi connectivity index (χ4n) is 2.53. The predicted molar refractivity (Wildman–Crippen MR) is 102 cm³/mol. The van der Waals surface area contributed by atoms with Crippen molar-refractivity contribution in [2.24, 2.45) is 4.99 Å². The van der Waals surface area contributed by atoms with E-state index < -0.39 is 0 Å². The van der Waals surface area contributed by atoms with E-state index in [1.54, 1.807) is 11.8 Å². The van der Waals surface area contributed by atoms with Gasteiger partial charge in [-0.05, 0) is 37.3 Å². The Kier molecular flexibility index (Phi) is 6.31. The molecule has 0 aliphatic carbocycles. The third kappa shape index (κ3) is 4.12. The summed E-state index contributed by atoms with van der Waals surface area (Å²) in [6.45, 7) is 6.14. The number of amidine groups is 1. The highest BCUT2D eigenvalue weighted by Crippen LogP contribution is 2.33. The van der Waals surface area contributed by atoms with E-state index >= 15 is 0 Å². The molecule has 5 nitrogen and oxygen atoms in total. The van der Waals surface area contributed by atoms with Gasteiger partial charge in [-0.1, -0.05) is 30.8 Å². The molecule has 0 bridgehead atoms. The van der Waals surface area contributed by atoms with E-state index in [2.05, 4.69) is 12.2 Å².